The highest BCUT2D eigenvalue weighted by molar-refractivity contribution is 6.00. The number of hydrogen-bond acceptors (Lipinski definition) is 6. The first-order valence-electron chi connectivity index (χ1n) is 14.8. The second kappa shape index (κ2) is 12.3. The van der Waals surface area contributed by atoms with E-state index in [9.17, 15) is 14.9 Å². The molecule has 0 bridgehead atoms. The summed E-state index contributed by atoms with van der Waals surface area (Å²) in [6.45, 7) is 11.6. The quantitative estimate of drug-likeness (QED) is 0.434. The molecule has 3 aliphatic heterocycles. The molecule has 1 unspecified atom stereocenters. The summed E-state index contributed by atoms with van der Waals surface area (Å²) in [7, 11) is 0. The second-order valence-electron chi connectivity index (χ2n) is 12.4. The third-order valence-electron chi connectivity index (χ3n) is 7.68. The van der Waals surface area contributed by atoms with Gasteiger partial charge >= 0.3 is 12.1 Å². The number of anilines is 1. The Morgan fingerprint density at radius 2 is 1.81 bits per heavy atom. The van der Waals surface area contributed by atoms with E-state index in [-0.39, 0.29) is 24.4 Å². The van der Waals surface area contributed by atoms with Crippen LogP contribution in [0.2, 0.25) is 0 Å². The van der Waals surface area contributed by atoms with Crippen LogP contribution >= 0.6 is 0 Å². The highest BCUT2D eigenvalue weighted by atomic mass is 16.6. The van der Waals surface area contributed by atoms with E-state index in [1.54, 1.807) is 9.80 Å². The molecule has 224 valence electrons. The minimum absolute atomic E-state index is 0.156. The maximum atomic E-state index is 14.0. The molecule has 0 radical (unpaired) electrons. The Morgan fingerprint density at radius 3 is 2.51 bits per heavy atom. The molecule has 1 atom stereocenters. The molecule has 5 rings (SSSR count). The number of urea groups is 1. The minimum atomic E-state index is -0.638. The van der Waals surface area contributed by atoms with Crippen molar-refractivity contribution in [3.63, 3.8) is 0 Å². The van der Waals surface area contributed by atoms with E-state index in [4.69, 9.17) is 4.74 Å². The van der Waals surface area contributed by atoms with E-state index in [1.807, 2.05) is 75.6 Å². The molecule has 1 saturated heterocycles. The molecule has 0 saturated carbocycles. The second-order valence-corrected chi connectivity index (χ2v) is 12.4. The molecule has 43 heavy (non-hydrogen) atoms. The standard InChI is InChI=1S/C34H40N6O3/c1-24(2)27-13-9-10-14-29(27)40-30-23-37(21-25-11-7-6-8-12-25)18-16-28(30)31(36-32(40)41)38-19-20-39(26(22-38)15-17-35)33(42)43-34(3,4)5/h6-14,16,18,23-24,26H,15,19-22H2,1-5H3,(H,36,41). The summed E-state index contributed by atoms with van der Waals surface area (Å²) in [5, 5.41) is 12.8. The highest BCUT2D eigenvalue weighted by Gasteiger charge is 2.39. The number of ether oxygens (including phenoxy) is 1. The van der Waals surface area contributed by atoms with Gasteiger partial charge in [0.1, 0.15) is 11.4 Å². The Kier molecular flexibility index (Phi) is 8.49. The molecule has 3 amide bonds. The van der Waals surface area contributed by atoms with Gasteiger partial charge in [0, 0.05) is 44.2 Å². The number of nitriles is 1. The average molecular weight is 581 g/mol. The van der Waals surface area contributed by atoms with Crippen LogP contribution < -0.4 is 10.2 Å². The Balaban J connectivity index is 1.52. The summed E-state index contributed by atoms with van der Waals surface area (Å²) in [6.07, 6.45) is 5.83. The molecule has 9 heteroatoms. The number of nitrogens with zero attached hydrogens (tertiary/aromatic N) is 5. The van der Waals surface area contributed by atoms with Gasteiger partial charge in [0.2, 0.25) is 0 Å². The zero-order chi connectivity index (χ0) is 30.7. The van der Waals surface area contributed by atoms with Gasteiger partial charge < -0.3 is 19.4 Å². The monoisotopic (exact) mass is 580 g/mol. The highest BCUT2D eigenvalue weighted by Crippen LogP contribution is 2.38. The van der Waals surface area contributed by atoms with Gasteiger partial charge in [-0.15, -0.1) is 0 Å². The van der Waals surface area contributed by atoms with E-state index in [2.05, 4.69) is 53.2 Å². The van der Waals surface area contributed by atoms with Gasteiger partial charge in [-0.3, -0.25) is 10.2 Å². The Labute approximate surface area is 254 Å². The van der Waals surface area contributed by atoms with Gasteiger partial charge in [0.15, 0.2) is 0 Å². The molecule has 1 fully saturated rings. The zero-order valence-electron chi connectivity index (χ0n) is 25.6. The van der Waals surface area contributed by atoms with Gasteiger partial charge in [-0.1, -0.05) is 62.4 Å². The third-order valence-corrected chi connectivity index (χ3v) is 7.68. The number of hydrogen-bond donors (Lipinski definition) is 1. The third kappa shape index (κ3) is 6.54. The molecule has 1 N–H and O–H groups in total. The molecular formula is C34H40N6O3. The number of piperazine rings is 1. The lowest BCUT2D eigenvalue weighted by Crippen LogP contribution is -2.58. The van der Waals surface area contributed by atoms with Gasteiger partial charge in [-0.25, -0.2) is 9.59 Å². The van der Waals surface area contributed by atoms with E-state index in [0.29, 0.717) is 32.0 Å². The molecule has 3 aliphatic rings. The Bertz CT molecular complexity index is 1500. The van der Waals surface area contributed by atoms with Crippen LogP contribution in [0.25, 0.3) is 0 Å². The summed E-state index contributed by atoms with van der Waals surface area (Å²) in [5.41, 5.74) is 4.08. The van der Waals surface area contributed by atoms with Crippen LogP contribution in [0.4, 0.5) is 15.3 Å². The number of amides is 3. The number of nitrogens with one attached hydrogen (secondary N) is 1. The first-order valence-corrected chi connectivity index (χ1v) is 14.8. The van der Waals surface area contributed by atoms with Crippen molar-refractivity contribution < 1.29 is 14.3 Å². The molecular weight excluding hydrogens is 540 g/mol. The Hall–Kier alpha value is -4.71. The molecule has 0 aliphatic carbocycles. The van der Waals surface area contributed by atoms with Gasteiger partial charge in [-0.2, -0.15) is 5.26 Å². The lowest BCUT2D eigenvalue weighted by molar-refractivity contribution is 0.00232. The topological polar surface area (TPSA) is 92.1 Å². The summed E-state index contributed by atoms with van der Waals surface area (Å²) >= 11 is 0. The number of allylic oxidation sites excluding steroid dienone is 1. The lowest BCUT2D eigenvalue weighted by atomic mass is 9.98. The predicted octanol–water partition coefficient (Wildman–Crippen LogP) is 6.26. The molecule has 3 heterocycles. The smallest absolute Gasteiger partial charge is 0.410 e. The maximum Gasteiger partial charge on any atom is 0.410 e. The molecule has 0 spiro atoms. The van der Waals surface area contributed by atoms with Crippen molar-refractivity contribution in [1.29, 1.82) is 5.26 Å². The predicted molar refractivity (Wildman–Crippen MR) is 166 cm³/mol. The zero-order valence-corrected chi connectivity index (χ0v) is 25.6. The van der Waals surface area contributed by atoms with Crippen LogP contribution in [0, 0.1) is 11.3 Å². The summed E-state index contributed by atoms with van der Waals surface area (Å²) in [4.78, 5) is 34.6. The van der Waals surface area contributed by atoms with Crippen molar-refractivity contribution in [1.82, 2.24) is 20.0 Å². The van der Waals surface area contributed by atoms with Crippen LogP contribution in [0.3, 0.4) is 0 Å². The number of benzene rings is 2. The van der Waals surface area contributed by atoms with Crippen molar-refractivity contribution in [3.8, 4) is 6.07 Å². The number of carbonyl (C=O) groups is 2. The number of carbonyl (C=O) groups excluding carboxylic acids is 2. The summed E-state index contributed by atoms with van der Waals surface area (Å²) in [5.74, 6) is 0.891. The first-order chi connectivity index (χ1) is 20.6. The summed E-state index contributed by atoms with van der Waals surface area (Å²) in [6, 6.07) is 19.8. The van der Waals surface area contributed by atoms with Crippen molar-refractivity contribution in [3.05, 3.63) is 101 Å². The minimum Gasteiger partial charge on any atom is -0.444 e. The normalized spacial score (nSPS) is 18.8. The largest absolute Gasteiger partial charge is 0.444 e. The molecule has 2 aromatic rings. The number of fused-ring (bicyclic) bond motifs is 1. The Morgan fingerprint density at radius 1 is 1.09 bits per heavy atom. The van der Waals surface area contributed by atoms with E-state index < -0.39 is 11.7 Å². The first kappa shape index (κ1) is 29.8. The van der Waals surface area contributed by atoms with Crippen LogP contribution in [-0.2, 0) is 11.3 Å². The molecule has 2 aromatic carbocycles. The SMILES string of the molecule is CC(C)c1ccccc1N1C(=O)NC(N2CCN(C(=O)OC(C)(C)C)C(CC#N)C2)=C2C=CN(Cc3ccccc3)C=C21. The van der Waals surface area contributed by atoms with E-state index in [1.165, 1.54) is 0 Å². The average Bonchev–Trinajstić information content (AvgIpc) is 2.96. The maximum absolute atomic E-state index is 14.0. The van der Waals surface area contributed by atoms with Crippen molar-refractivity contribution in [2.75, 3.05) is 24.5 Å². The number of rotatable bonds is 6. The van der Waals surface area contributed by atoms with E-state index >= 15 is 0 Å². The molecule has 0 aromatic heterocycles. The van der Waals surface area contributed by atoms with Crippen LogP contribution in [-0.4, -0.2) is 58.1 Å². The van der Waals surface area contributed by atoms with Crippen LogP contribution in [0.1, 0.15) is 58.1 Å². The van der Waals surface area contributed by atoms with E-state index in [0.717, 1.165) is 28.1 Å². The fraction of sp³-hybridized carbons (Fsp3) is 0.382. The van der Waals surface area contributed by atoms with Crippen molar-refractivity contribution in [2.24, 2.45) is 0 Å². The van der Waals surface area contributed by atoms with Crippen LogP contribution in [0.15, 0.2) is 90.2 Å². The van der Waals surface area contributed by atoms with Crippen molar-refractivity contribution >= 4 is 17.8 Å². The van der Waals surface area contributed by atoms with Crippen LogP contribution in [0.5, 0.6) is 0 Å². The van der Waals surface area contributed by atoms with Gasteiger partial charge in [-0.05, 0) is 50.0 Å². The molecule has 9 nitrogen and oxygen atoms in total. The summed E-state index contributed by atoms with van der Waals surface area (Å²) < 4.78 is 5.64. The lowest BCUT2D eigenvalue weighted by Gasteiger charge is -2.45. The van der Waals surface area contributed by atoms with Gasteiger partial charge in [0.05, 0.1) is 29.9 Å². The fourth-order valence-corrected chi connectivity index (χ4v) is 5.70. The number of para-hydroxylation sites is 1. The fourth-order valence-electron chi connectivity index (χ4n) is 5.70. The van der Waals surface area contributed by atoms with Gasteiger partial charge in [0.25, 0.3) is 0 Å². The van der Waals surface area contributed by atoms with Crippen molar-refractivity contribution in [2.45, 2.75) is 65.1 Å².